The second-order valence-corrected chi connectivity index (χ2v) is 4.02. The Morgan fingerprint density at radius 3 is 3.11 bits per heavy atom. The number of ether oxygens (including phenoxy) is 1. The van der Waals surface area contributed by atoms with Gasteiger partial charge in [0.2, 0.25) is 5.95 Å². The summed E-state index contributed by atoms with van der Waals surface area (Å²) in [6.45, 7) is 1.14. The molecule has 4 nitrogen and oxygen atoms in total. The molecule has 1 aromatic carbocycles. The molecule has 0 spiro atoms. The third-order valence-electron chi connectivity index (χ3n) is 2.42. The fraction of sp³-hybridized carbons (Fsp3) is 0.250. The summed E-state index contributed by atoms with van der Waals surface area (Å²) in [6.07, 6.45) is 3.26. The van der Waals surface area contributed by atoms with Crippen molar-refractivity contribution in [2.75, 3.05) is 25.6 Å². The van der Waals surface area contributed by atoms with E-state index in [1.165, 1.54) is 6.07 Å². The molecule has 0 saturated heterocycles. The molecule has 0 bridgehead atoms. The van der Waals surface area contributed by atoms with E-state index in [1.807, 2.05) is 0 Å². The van der Waals surface area contributed by atoms with Gasteiger partial charge in [-0.1, -0.05) is 17.7 Å². The lowest BCUT2D eigenvalue weighted by atomic mass is 10.3. The van der Waals surface area contributed by atoms with Crippen molar-refractivity contribution in [3.8, 4) is 5.69 Å². The molecule has 1 N–H and O–H groups in total. The van der Waals surface area contributed by atoms with Crippen LogP contribution in [0.4, 0.5) is 10.3 Å². The molecule has 0 radical (unpaired) electrons. The van der Waals surface area contributed by atoms with Crippen LogP contribution in [0.25, 0.3) is 5.69 Å². The Morgan fingerprint density at radius 1 is 1.50 bits per heavy atom. The smallest absolute Gasteiger partial charge is 0.207 e. The SMILES string of the molecule is COCCNc1nccn1-c1cccc(Cl)c1F. The molecule has 6 heteroatoms. The van der Waals surface area contributed by atoms with Gasteiger partial charge in [-0.2, -0.15) is 0 Å². The molecular formula is C12H13ClFN3O. The van der Waals surface area contributed by atoms with Crippen LogP contribution in [0.2, 0.25) is 5.02 Å². The number of halogens is 2. The van der Waals surface area contributed by atoms with Crippen LogP contribution < -0.4 is 5.32 Å². The standard InChI is InChI=1S/C12H13ClFN3O/c1-18-8-6-16-12-15-5-7-17(12)10-4-2-3-9(13)11(10)14/h2-5,7H,6,8H2,1H3,(H,15,16). The van der Waals surface area contributed by atoms with Gasteiger partial charge in [-0.05, 0) is 12.1 Å². The largest absolute Gasteiger partial charge is 0.383 e. The lowest BCUT2D eigenvalue weighted by Gasteiger charge is -2.10. The van der Waals surface area contributed by atoms with E-state index < -0.39 is 5.82 Å². The summed E-state index contributed by atoms with van der Waals surface area (Å²) < 4.78 is 20.4. The normalized spacial score (nSPS) is 10.6. The molecule has 1 heterocycles. The Kier molecular flexibility index (Phi) is 4.17. The van der Waals surface area contributed by atoms with Gasteiger partial charge in [0.25, 0.3) is 0 Å². The first-order valence-electron chi connectivity index (χ1n) is 5.44. The van der Waals surface area contributed by atoms with Crippen molar-refractivity contribution >= 4 is 17.5 Å². The van der Waals surface area contributed by atoms with E-state index in [9.17, 15) is 4.39 Å². The lowest BCUT2D eigenvalue weighted by molar-refractivity contribution is 0.210. The number of anilines is 1. The molecule has 1 aromatic heterocycles. The topological polar surface area (TPSA) is 39.1 Å². The van der Waals surface area contributed by atoms with E-state index in [1.54, 1.807) is 36.2 Å². The Balaban J connectivity index is 2.28. The number of nitrogens with one attached hydrogen (secondary N) is 1. The summed E-state index contributed by atoms with van der Waals surface area (Å²) in [5.74, 6) is 0.0835. The van der Waals surface area contributed by atoms with Crippen LogP contribution in [-0.4, -0.2) is 29.8 Å². The van der Waals surface area contributed by atoms with E-state index in [-0.39, 0.29) is 5.02 Å². The van der Waals surface area contributed by atoms with Gasteiger partial charge in [-0.15, -0.1) is 0 Å². The monoisotopic (exact) mass is 269 g/mol. The van der Waals surface area contributed by atoms with Crippen molar-refractivity contribution in [1.29, 1.82) is 0 Å². The van der Waals surface area contributed by atoms with E-state index in [2.05, 4.69) is 10.3 Å². The number of hydrogen-bond donors (Lipinski definition) is 1. The molecule has 2 aromatic rings. The predicted molar refractivity (Wildman–Crippen MR) is 68.9 cm³/mol. The van der Waals surface area contributed by atoms with Gasteiger partial charge in [0.1, 0.15) is 0 Å². The van der Waals surface area contributed by atoms with Crippen molar-refractivity contribution in [3.63, 3.8) is 0 Å². The van der Waals surface area contributed by atoms with Crippen LogP contribution in [0.15, 0.2) is 30.6 Å². The van der Waals surface area contributed by atoms with Crippen molar-refractivity contribution < 1.29 is 9.13 Å². The molecule has 0 unspecified atom stereocenters. The molecule has 96 valence electrons. The highest BCUT2D eigenvalue weighted by molar-refractivity contribution is 6.30. The van der Waals surface area contributed by atoms with Crippen LogP contribution in [0.3, 0.4) is 0 Å². The number of methoxy groups -OCH3 is 1. The zero-order valence-electron chi connectivity index (χ0n) is 9.86. The molecule has 0 aliphatic carbocycles. The quantitative estimate of drug-likeness (QED) is 0.849. The van der Waals surface area contributed by atoms with Crippen LogP contribution in [0.5, 0.6) is 0 Å². The summed E-state index contributed by atoms with van der Waals surface area (Å²) in [4.78, 5) is 4.12. The van der Waals surface area contributed by atoms with Crippen molar-refractivity contribution in [3.05, 3.63) is 41.4 Å². The maximum Gasteiger partial charge on any atom is 0.207 e. The molecule has 0 saturated carbocycles. The minimum Gasteiger partial charge on any atom is -0.383 e. The predicted octanol–water partition coefficient (Wildman–Crippen LogP) is 2.72. The van der Waals surface area contributed by atoms with E-state index in [0.29, 0.717) is 24.8 Å². The zero-order chi connectivity index (χ0) is 13.0. The number of aromatic nitrogens is 2. The molecule has 18 heavy (non-hydrogen) atoms. The number of rotatable bonds is 5. The molecule has 0 atom stereocenters. The first-order chi connectivity index (χ1) is 8.74. The highest BCUT2D eigenvalue weighted by Crippen LogP contribution is 2.23. The minimum atomic E-state index is -0.466. The van der Waals surface area contributed by atoms with Crippen LogP contribution in [-0.2, 0) is 4.74 Å². The summed E-state index contributed by atoms with van der Waals surface area (Å²) in [6, 6.07) is 4.85. The number of hydrogen-bond acceptors (Lipinski definition) is 3. The van der Waals surface area contributed by atoms with Gasteiger partial charge < -0.3 is 10.1 Å². The second kappa shape index (κ2) is 5.84. The van der Waals surface area contributed by atoms with Crippen molar-refractivity contribution in [2.45, 2.75) is 0 Å². The van der Waals surface area contributed by atoms with Crippen molar-refractivity contribution in [2.24, 2.45) is 0 Å². The second-order valence-electron chi connectivity index (χ2n) is 3.61. The van der Waals surface area contributed by atoms with Gasteiger partial charge in [-0.3, -0.25) is 4.57 Å². The maximum atomic E-state index is 13.9. The zero-order valence-corrected chi connectivity index (χ0v) is 10.6. The lowest BCUT2D eigenvalue weighted by Crippen LogP contribution is -2.12. The number of benzene rings is 1. The maximum absolute atomic E-state index is 13.9. The Morgan fingerprint density at radius 2 is 2.33 bits per heavy atom. The fourth-order valence-electron chi connectivity index (χ4n) is 1.57. The summed E-state index contributed by atoms with van der Waals surface area (Å²) >= 11 is 5.76. The molecule has 2 rings (SSSR count). The Bertz CT molecular complexity index is 530. The number of nitrogens with zero attached hydrogens (tertiary/aromatic N) is 2. The highest BCUT2D eigenvalue weighted by atomic mass is 35.5. The summed E-state index contributed by atoms with van der Waals surface area (Å²) in [5, 5.41) is 3.14. The highest BCUT2D eigenvalue weighted by Gasteiger charge is 2.11. The third-order valence-corrected chi connectivity index (χ3v) is 2.71. The minimum absolute atomic E-state index is 0.0871. The van der Waals surface area contributed by atoms with Crippen molar-refractivity contribution in [1.82, 2.24) is 9.55 Å². The Labute approximate surface area is 109 Å². The molecule has 0 aliphatic heterocycles. The van der Waals surface area contributed by atoms with Gasteiger partial charge in [0.15, 0.2) is 5.82 Å². The van der Waals surface area contributed by atoms with Crippen LogP contribution in [0, 0.1) is 5.82 Å². The Hall–Kier alpha value is -1.59. The van der Waals surface area contributed by atoms with Crippen LogP contribution in [0.1, 0.15) is 0 Å². The van der Waals surface area contributed by atoms with Gasteiger partial charge >= 0.3 is 0 Å². The average molecular weight is 270 g/mol. The average Bonchev–Trinajstić information content (AvgIpc) is 2.81. The molecule has 0 fully saturated rings. The van der Waals surface area contributed by atoms with E-state index >= 15 is 0 Å². The summed E-state index contributed by atoms with van der Waals surface area (Å²) in [5.41, 5.74) is 0.361. The fourth-order valence-corrected chi connectivity index (χ4v) is 1.74. The van der Waals surface area contributed by atoms with E-state index in [0.717, 1.165) is 0 Å². The third kappa shape index (κ3) is 2.63. The van der Waals surface area contributed by atoms with Gasteiger partial charge in [0, 0.05) is 26.0 Å². The van der Waals surface area contributed by atoms with Gasteiger partial charge in [-0.25, -0.2) is 9.37 Å². The first-order valence-corrected chi connectivity index (χ1v) is 5.82. The number of imidazole rings is 1. The van der Waals surface area contributed by atoms with Crippen LogP contribution >= 0.6 is 11.6 Å². The van der Waals surface area contributed by atoms with Gasteiger partial charge in [0.05, 0.1) is 17.3 Å². The summed E-state index contributed by atoms with van der Waals surface area (Å²) in [7, 11) is 1.62. The molecule has 0 aliphatic rings. The van der Waals surface area contributed by atoms with E-state index in [4.69, 9.17) is 16.3 Å². The molecular weight excluding hydrogens is 257 g/mol. The first kappa shape index (κ1) is 12.9. The molecule has 0 amide bonds.